The molecule has 126 heavy (non-hydrogen) atoms. The van der Waals surface area contributed by atoms with Crippen LogP contribution in [0.1, 0.15) is 147 Å². The fourth-order valence-corrected chi connectivity index (χ4v) is 15.1. The summed E-state index contributed by atoms with van der Waals surface area (Å²) >= 11 is 0. The lowest BCUT2D eigenvalue weighted by molar-refractivity contribution is -0.138. The molecule has 660 valence electrons. The Morgan fingerprint density at radius 3 is 1.07 bits per heavy atom. The van der Waals surface area contributed by atoms with E-state index in [1.54, 1.807) is 123 Å². The Bertz CT molecular complexity index is 6000. The van der Waals surface area contributed by atoms with Crippen molar-refractivity contribution in [3.05, 3.63) is 338 Å². The van der Waals surface area contributed by atoms with Crippen LogP contribution in [0, 0.1) is 23.3 Å². The molecule has 0 saturated carbocycles. The molecule has 4 saturated heterocycles. The fraction of sp³-hybridized carbons (Fsp3) is 0.283. The summed E-state index contributed by atoms with van der Waals surface area (Å²) < 4.78 is 143. The standard InChI is InChI=1S/C23H21F3N2O3.C21H19F2N3O3.2C13H11NO4.C12H14F3N.C10H12F2N2/c24-23(25,26)18-6-4-15(5-7-18)16-8-11-27(12-9-16)14-17-13-19(22(30)31)21(29)28-10-2-1-3-20(17)28;22-15-10-16(23)12-17(11-15)25-7-5-24(6-8-25)13-14-9-18(21(28)29)20(27)26-4-2-1-3-19(14)26;2*1-2-18-13(17)10-7-9(8-15)11-5-3-4-6-14(11)12(10)16;13-12(14,15)11-3-1-9(2-4-11)10-5-7-16-8-6-10;11-8-5-9(12)7-10(6-8)14-3-1-13-2-4-14/h1-7,10,13,16H,8-9,11-12,14H2,(H,30,31);1-4,9-12H,5-8,13H2,(H,28,29);2*3-8H,2H2,1H3;1-4,10,16H,5-8H2;5-7,13H,1-4H2. The van der Waals surface area contributed by atoms with Gasteiger partial charge in [0.1, 0.15) is 45.5 Å². The molecule has 0 radical (unpaired) electrons. The number of carboxylic acid groups (broad SMARTS) is 2. The predicted octanol–water partition coefficient (Wildman–Crippen LogP) is 14.1. The summed E-state index contributed by atoms with van der Waals surface area (Å²) in [5, 5.41) is 25.2. The second kappa shape index (κ2) is 42.8. The van der Waals surface area contributed by atoms with Gasteiger partial charge in [-0.3, -0.25) is 56.2 Å². The van der Waals surface area contributed by atoms with Crippen LogP contribution in [0.3, 0.4) is 0 Å². The van der Waals surface area contributed by atoms with E-state index in [1.165, 1.54) is 90.7 Å². The van der Waals surface area contributed by atoms with Crippen molar-refractivity contribution in [2.75, 3.05) is 102 Å². The molecule has 4 aromatic carbocycles. The normalized spacial score (nSPS) is 14.6. The Morgan fingerprint density at radius 2 is 0.722 bits per heavy atom. The molecule has 8 aromatic heterocycles. The molecule has 0 atom stereocenters. The molecule has 0 spiro atoms. The molecule has 4 aliphatic heterocycles. The molecule has 4 N–H and O–H groups in total. The number of carbonyl (C=O) groups excluding carboxylic acids is 4. The van der Waals surface area contributed by atoms with Gasteiger partial charge in [-0.1, -0.05) is 48.5 Å². The Hall–Kier alpha value is -13.4. The Kier molecular flexibility index (Phi) is 31.7. The van der Waals surface area contributed by atoms with E-state index >= 15 is 0 Å². The van der Waals surface area contributed by atoms with Crippen LogP contribution in [-0.4, -0.2) is 166 Å². The Balaban J connectivity index is 0.000000151. The predicted molar refractivity (Wildman–Crippen MR) is 452 cm³/mol. The average molecular weight is 1750 g/mol. The molecule has 4 aliphatic rings. The molecule has 0 bridgehead atoms. The third kappa shape index (κ3) is 23.7. The van der Waals surface area contributed by atoms with Gasteiger partial charge in [0.25, 0.3) is 22.2 Å². The quantitative estimate of drug-likeness (QED) is 0.0397. The summed E-state index contributed by atoms with van der Waals surface area (Å²) in [6.07, 6.45) is 2.38. The number of carboxylic acids is 2. The first-order valence-corrected chi connectivity index (χ1v) is 40.3. The maximum absolute atomic E-state index is 13.5. The molecule has 12 aromatic rings. The van der Waals surface area contributed by atoms with E-state index in [4.69, 9.17) is 9.47 Å². The van der Waals surface area contributed by atoms with Gasteiger partial charge in [0.15, 0.2) is 12.6 Å². The number of aromatic nitrogens is 4. The topological polar surface area (TPSA) is 284 Å². The lowest BCUT2D eigenvalue weighted by Gasteiger charge is -2.36. The van der Waals surface area contributed by atoms with Gasteiger partial charge in [0, 0.05) is 125 Å². The third-order valence-corrected chi connectivity index (χ3v) is 21.5. The number of benzene rings is 4. The zero-order chi connectivity index (χ0) is 90.5. The summed E-state index contributed by atoms with van der Waals surface area (Å²) in [6, 6.07) is 44.0. The van der Waals surface area contributed by atoms with Gasteiger partial charge in [-0.25, -0.2) is 36.7 Å². The molecular weight excluding hydrogens is 1660 g/mol. The first-order valence-electron chi connectivity index (χ1n) is 40.3. The van der Waals surface area contributed by atoms with Crippen molar-refractivity contribution in [2.45, 2.75) is 76.8 Å². The number of ether oxygens (including phenoxy) is 2. The van der Waals surface area contributed by atoms with E-state index in [9.17, 15) is 102 Å². The number of anilines is 2. The summed E-state index contributed by atoms with van der Waals surface area (Å²) in [5.74, 6) is -5.61. The number of nitrogens with zero attached hydrogens (tertiary/aromatic N) is 8. The average Bonchev–Trinajstić information content (AvgIpc) is 0.794. The maximum Gasteiger partial charge on any atom is 0.416 e. The lowest BCUT2D eigenvalue weighted by atomic mass is 9.89. The van der Waals surface area contributed by atoms with Crippen molar-refractivity contribution in [1.82, 2.24) is 38.0 Å². The molecule has 0 amide bonds. The summed E-state index contributed by atoms with van der Waals surface area (Å²) in [5.41, 5.74) is 3.25. The van der Waals surface area contributed by atoms with Gasteiger partial charge in [-0.05, 0) is 221 Å². The minimum absolute atomic E-state index is 0.136. The molecule has 24 nitrogen and oxygen atoms in total. The lowest BCUT2D eigenvalue weighted by Crippen LogP contribution is -2.46. The number of alkyl halides is 6. The van der Waals surface area contributed by atoms with Crippen LogP contribution >= 0.6 is 0 Å². The number of piperidine rings is 2. The number of aromatic carboxylic acids is 2. The minimum Gasteiger partial charge on any atom is -0.477 e. The van der Waals surface area contributed by atoms with Crippen LogP contribution in [0.4, 0.5) is 55.3 Å². The zero-order valence-corrected chi connectivity index (χ0v) is 68.2. The van der Waals surface area contributed by atoms with Gasteiger partial charge in [-0.2, -0.15) is 26.3 Å². The highest BCUT2D eigenvalue weighted by Gasteiger charge is 2.33. The second-order valence-corrected chi connectivity index (χ2v) is 29.6. The summed E-state index contributed by atoms with van der Waals surface area (Å²) in [6.45, 7) is 13.7. The highest BCUT2D eigenvalue weighted by atomic mass is 19.4. The molecule has 16 rings (SSSR count). The number of hydrogen-bond acceptors (Lipinski definition) is 18. The first-order chi connectivity index (χ1) is 60.4. The Morgan fingerprint density at radius 1 is 0.397 bits per heavy atom. The molecular formula is C92H88F10N10O14. The highest BCUT2D eigenvalue weighted by molar-refractivity contribution is 5.96. The molecule has 34 heteroatoms. The van der Waals surface area contributed by atoms with Crippen molar-refractivity contribution in [3.8, 4) is 0 Å². The van der Waals surface area contributed by atoms with Crippen molar-refractivity contribution in [1.29, 1.82) is 0 Å². The van der Waals surface area contributed by atoms with Gasteiger partial charge in [0.05, 0.1) is 46.4 Å². The van der Waals surface area contributed by atoms with E-state index in [0.717, 1.165) is 125 Å². The number of fused-ring (bicyclic) bond motifs is 4. The van der Waals surface area contributed by atoms with Crippen molar-refractivity contribution < 1.29 is 92.4 Å². The number of piperazine rings is 2. The van der Waals surface area contributed by atoms with Crippen LogP contribution in [0.25, 0.3) is 22.1 Å². The number of halogens is 10. The van der Waals surface area contributed by atoms with Gasteiger partial charge in [0.2, 0.25) is 0 Å². The first kappa shape index (κ1) is 93.3. The monoisotopic (exact) mass is 1750 g/mol. The number of aldehydes is 2. The van der Waals surface area contributed by atoms with Crippen LogP contribution in [0.5, 0.6) is 0 Å². The number of nitrogens with one attached hydrogen (secondary N) is 2. The van der Waals surface area contributed by atoms with E-state index in [-0.39, 0.29) is 52.5 Å². The number of esters is 2. The van der Waals surface area contributed by atoms with E-state index < -0.39 is 92.9 Å². The minimum atomic E-state index is -4.34. The number of pyridine rings is 8. The van der Waals surface area contributed by atoms with E-state index in [0.29, 0.717) is 91.2 Å². The largest absolute Gasteiger partial charge is 0.477 e. The molecule has 0 unspecified atom stereocenters. The van der Waals surface area contributed by atoms with Gasteiger partial charge in [-0.15, -0.1) is 0 Å². The second-order valence-electron chi connectivity index (χ2n) is 29.6. The SMILES string of the molecule is CCOC(=O)c1cc(C=O)c2ccccn2c1=O.CCOC(=O)c1cc(C=O)c2ccccn2c1=O.FC(F)(F)c1ccc(C2CCNCC2)cc1.Fc1cc(F)cc(N2CCNCC2)c1.O=C(O)c1cc(CN2CCC(c3ccc(C(F)(F)F)cc3)CC2)c2ccccn2c1=O.O=C(O)c1cc(CN2CCN(c3cc(F)cc(F)c3)CC2)c2ccccn2c1=O. The molecule has 12 heterocycles. The van der Waals surface area contributed by atoms with Crippen LogP contribution in [0.15, 0.2) is 226 Å². The molecule has 4 fully saturated rings. The number of rotatable bonds is 16. The smallest absolute Gasteiger partial charge is 0.416 e. The third-order valence-electron chi connectivity index (χ3n) is 21.5. The Labute approximate surface area is 713 Å². The number of likely N-dealkylation sites (tertiary alicyclic amines) is 1. The maximum atomic E-state index is 13.5. The van der Waals surface area contributed by atoms with E-state index in [1.807, 2.05) is 9.80 Å². The summed E-state index contributed by atoms with van der Waals surface area (Å²) in [7, 11) is 0. The number of hydrogen-bond donors (Lipinski definition) is 4. The highest BCUT2D eigenvalue weighted by Crippen LogP contribution is 2.35. The van der Waals surface area contributed by atoms with Crippen LogP contribution in [0.2, 0.25) is 0 Å². The molecule has 0 aliphatic carbocycles. The van der Waals surface area contributed by atoms with Crippen molar-refractivity contribution in [3.63, 3.8) is 0 Å². The van der Waals surface area contributed by atoms with Gasteiger partial charge >= 0.3 is 36.2 Å². The number of carbonyl (C=O) groups is 6. The van der Waals surface area contributed by atoms with Crippen molar-refractivity contribution in [2.24, 2.45) is 0 Å². The van der Waals surface area contributed by atoms with Crippen LogP contribution in [-0.2, 0) is 34.9 Å². The van der Waals surface area contributed by atoms with Crippen LogP contribution < -0.4 is 42.7 Å². The van der Waals surface area contributed by atoms with Gasteiger partial charge < -0.3 is 40.1 Å². The van der Waals surface area contributed by atoms with E-state index in [2.05, 4.69) is 20.4 Å². The van der Waals surface area contributed by atoms with Crippen molar-refractivity contribution >= 4 is 69.9 Å². The zero-order valence-electron chi connectivity index (χ0n) is 68.2. The summed E-state index contributed by atoms with van der Waals surface area (Å²) in [4.78, 5) is 125. The fourth-order valence-electron chi connectivity index (χ4n) is 15.1.